The van der Waals surface area contributed by atoms with Crippen molar-refractivity contribution in [2.75, 3.05) is 14.1 Å². The Morgan fingerprint density at radius 2 is 1.24 bits per heavy atom. The summed E-state index contributed by atoms with van der Waals surface area (Å²) in [5.74, 6) is 1.27. The Kier molecular flexibility index (Phi) is 63.9. The number of hydrogen-bond donors (Lipinski definition) is 2. The van der Waals surface area contributed by atoms with Gasteiger partial charge in [-0.15, -0.1) is 0 Å². The van der Waals surface area contributed by atoms with Crippen molar-refractivity contribution in [3.63, 3.8) is 0 Å². The van der Waals surface area contributed by atoms with Crippen molar-refractivity contribution < 1.29 is 14.4 Å². The molecule has 21 heavy (non-hydrogen) atoms. The third-order valence-electron chi connectivity index (χ3n) is 0.925. The van der Waals surface area contributed by atoms with Gasteiger partial charge < -0.3 is 20.1 Å². The molecule has 0 amide bonds. The van der Waals surface area contributed by atoms with E-state index < -0.39 is 0 Å². The quantitative estimate of drug-likeness (QED) is 0.222. The molecule has 0 spiro atoms. The summed E-state index contributed by atoms with van der Waals surface area (Å²) in [5.41, 5.74) is 5.04. The molecular formula is C13H27N5O3. The summed E-state index contributed by atoms with van der Waals surface area (Å²) in [7, 11) is 3.29. The molecule has 8 nitrogen and oxygen atoms in total. The van der Waals surface area contributed by atoms with Crippen LogP contribution in [-0.2, 0) is 14.4 Å². The lowest BCUT2D eigenvalue weighted by Gasteiger charge is -1.86. The number of nitriles is 1. The average Bonchev–Trinajstić information content (AvgIpc) is 2.42. The molecule has 0 atom stereocenters. The van der Waals surface area contributed by atoms with E-state index in [2.05, 4.69) is 15.3 Å². The number of carbonyl (C=O) groups is 3. The van der Waals surface area contributed by atoms with E-state index in [1.807, 2.05) is 0 Å². The first-order chi connectivity index (χ1) is 9.82. The van der Waals surface area contributed by atoms with Gasteiger partial charge in [0.15, 0.2) is 6.19 Å². The highest BCUT2D eigenvalue weighted by atomic mass is 16.1. The number of rotatable bonds is 0. The first-order valence-corrected chi connectivity index (χ1v) is 5.79. The van der Waals surface area contributed by atoms with E-state index in [-0.39, 0.29) is 0 Å². The molecule has 0 aromatic carbocycles. The maximum atomic E-state index is 8.81. The van der Waals surface area contributed by atoms with Crippen molar-refractivity contribution >= 4 is 30.5 Å². The second-order valence-electron chi connectivity index (χ2n) is 2.62. The van der Waals surface area contributed by atoms with Crippen LogP contribution in [0, 0.1) is 11.5 Å². The van der Waals surface area contributed by atoms with E-state index in [0.29, 0.717) is 11.7 Å². The fourth-order valence-electron chi connectivity index (χ4n) is 0.137. The maximum absolute atomic E-state index is 8.81. The predicted molar refractivity (Wildman–Crippen MR) is 86.2 cm³/mol. The molecule has 0 rings (SSSR count). The molecule has 0 aliphatic rings. The van der Waals surface area contributed by atoms with Gasteiger partial charge in [-0.3, -0.25) is 15.3 Å². The van der Waals surface area contributed by atoms with Crippen molar-refractivity contribution in [2.24, 2.45) is 15.7 Å². The van der Waals surface area contributed by atoms with Crippen LogP contribution >= 0.6 is 0 Å². The lowest BCUT2D eigenvalue weighted by molar-refractivity contribution is -0.106. The van der Waals surface area contributed by atoms with Crippen molar-refractivity contribution in [1.29, 1.82) is 5.26 Å². The Labute approximate surface area is 127 Å². The van der Waals surface area contributed by atoms with Crippen LogP contribution in [0.3, 0.4) is 0 Å². The van der Waals surface area contributed by atoms with Gasteiger partial charge in [-0.2, -0.15) is 5.26 Å². The number of carbonyl (C=O) groups excluding carboxylic acids is 3. The summed E-state index contributed by atoms with van der Waals surface area (Å²) in [4.78, 5) is 33.7. The largest absolute Gasteiger partial charge is 0.388 e. The molecular weight excluding hydrogens is 274 g/mol. The second-order valence-corrected chi connectivity index (χ2v) is 2.62. The van der Waals surface area contributed by atoms with Crippen molar-refractivity contribution in [1.82, 2.24) is 5.32 Å². The summed E-state index contributed by atoms with van der Waals surface area (Å²) in [6.45, 7) is 7.81. The van der Waals surface area contributed by atoms with Crippen molar-refractivity contribution in [3.05, 3.63) is 0 Å². The zero-order valence-electron chi connectivity index (χ0n) is 13.9. The molecule has 0 aromatic heterocycles. The molecule has 122 valence electrons. The Morgan fingerprint density at radius 3 is 1.29 bits per heavy atom. The van der Waals surface area contributed by atoms with E-state index >= 15 is 0 Å². The number of aldehydes is 3. The first kappa shape index (κ1) is 31.0. The van der Waals surface area contributed by atoms with Gasteiger partial charge in [0.1, 0.15) is 24.7 Å². The Morgan fingerprint density at radius 1 is 1.00 bits per heavy atom. The van der Waals surface area contributed by atoms with E-state index in [9.17, 15) is 0 Å². The van der Waals surface area contributed by atoms with Gasteiger partial charge in [0.2, 0.25) is 0 Å². The van der Waals surface area contributed by atoms with Crippen LogP contribution in [0.15, 0.2) is 9.98 Å². The van der Waals surface area contributed by atoms with Gasteiger partial charge in [-0.1, -0.05) is 0 Å². The van der Waals surface area contributed by atoms with Crippen LogP contribution in [0.2, 0.25) is 0 Å². The van der Waals surface area contributed by atoms with Crippen LogP contribution < -0.4 is 11.1 Å². The lowest BCUT2D eigenvalue weighted by Crippen LogP contribution is -2.12. The van der Waals surface area contributed by atoms with E-state index in [1.165, 1.54) is 20.8 Å². The van der Waals surface area contributed by atoms with Crippen molar-refractivity contribution in [2.45, 2.75) is 34.6 Å². The fraction of sp³-hybridized carbons (Fsp3) is 0.538. The molecule has 0 saturated carbocycles. The van der Waals surface area contributed by atoms with E-state index in [4.69, 9.17) is 25.4 Å². The third kappa shape index (κ3) is 211. The Bertz CT molecular complexity index is 302. The van der Waals surface area contributed by atoms with Gasteiger partial charge in [0, 0.05) is 14.1 Å². The third-order valence-corrected chi connectivity index (χ3v) is 0.925. The van der Waals surface area contributed by atoms with Crippen LogP contribution in [-0.4, -0.2) is 44.6 Å². The summed E-state index contributed by atoms with van der Waals surface area (Å²) < 4.78 is 0. The lowest BCUT2D eigenvalue weighted by atomic mass is 10.7. The highest BCUT2D eigenvalue weighted by Gasteiger charge is 1.77. The summed E-state index contributed by atoms with van der Waals surface area (Å²) >= 11 is 0. The normalized spacial score (nSPS) is 8.10. The Balaban J connectivity index is -0.0000000540. The molecule has 0 aliphatic carbocycles. The summed E-state index contributed by atoms with van der Waals surface area (Å²) in [6.07, 6.45) is 3.99. The molecule has 3 N–H and O–H groups in total. The monoisotopic (exact) mass is 301 g/mol. The zero-order chi connectivity index (χ0) is 18.1. The van der Waals surface area contributed by atoms with E-state index in [0.717, 1.165) is 18.9 Å². The number of nitrogens with zero attached hydrogens (tertiary/aromatic N) is 3. The standard InChI is InChI=1S/C4H7N3.C3H8N2.3C2H4O/c1-4(6-2)7-3-5;1-3(4)5-2;3*1-2-3/h1-2H3,(H,6,7);1-2H3,(H2,4,5);3*2H,1H3. The van der Waals surface area contributed by atoms with Crippen LogP contribution in [0.5, 0.6) is 0 Å². The highest BCUT2D eigenvalue weighted by molar-refractivity contribution is 5.80. The van der Waals surface area contributed by atoms with Gasteiger partial charge in [0.05, 0.1) is 5.84 Å². The summed E-state index contributed by atoms with van der Waals surface area (Å²) in [6, 6.07) is 0. The predicted octanol–water partition coefficient (Wildman–Crippen LogP) is 0.714. The minimum atomic E-state index is 0.630. The van der Waals surface area contributed by atoms with Gasteiger partial charge in [0.25, 0.3) is 0 Å². The number of amidine groups is 2. The van der Waals surface area contributed by atoms with Crippen molar-refractivity contribution in [3.8, 4) is 6.19 Å². The highest BCUT2D eigenvalue weighted by Crippen LogP contribution is 1.61. The zero-order valence-corrected chi connectivity index (χ0v) is 13.9. The Hall–Kier alpha value is -2.56. The second kappa shape index (κ2) is 43.2. The number of hydrogen-bond acceptors (Lipinski definition) is 6. The first-order valence-electron chi connectivity index (χ1n) is 5.79. The van der Waals surface area contributed by atoms with Gasteiger partial charge in [-0.25, -0.2) is 0 Å². The number of nitrogens with two attached hydrogens (primary N) is 1. The van der Waals surface area contributed by atoms with Gasteiger partial charge in [-0.05, 0) is 34.6 Å². The van der Waals surface area contributed by atoms with E-state index in [1.54, 1.807) is 34.1 Å². The minimum absolute atomic E-state index is 0.630. The molecule has 0 fully saturated rings. The molecule has 0 heterocycles. The molecule has 0 unspecified atom stereocenters. The molecule has 0 radical (unpaired) electrons. The maximum Gasteiger partial charge on any atom is 0.182 e. The SMILES string of the molecule is CC=O.CC=O.CC=O.CN=C(C)N.CN=C(C)NC#N. The smallest absolute Gasteiger partial charge is 0.182 e. The number of aliphatic imine (C=N–C) groups is 2. The summed E-state index contributed by atoms with van der Waals surface area (Å²) in [5, 5.41) is 10.3. The average molecular weight is 301 g/mol. The van der Waals surface area contributed by atoms with Crippen LogP contribution in [0.1, 0.15) is 34.6 Å². The molecule has 0 saturated heterocycles. The fourth-order valence-corrected chi connectivity index (χ4v) is 0.137. The minimum Gasteiger partial charge on any atom is -0.388 e. The van der Waals surface area contributed by atoms with Gasteiger partial charge >= 0.3 is 0 Å². The molecule has 8 heteroatoms. The molecule has 0 aromatic rings. The topological polar surface area (TPSA) is 138 Å². The number of nitrogens with one attached hydrogen (secondary N) is 1. The van der Waals surface area contributed by atoms with Crippen LogP contribution in [0.25, 0.3) is 0 Å². The molecule has 0 aliphatic heterocycles. The van der Waals surface area contributed by atoms with Crippen LogP contribution in [0.4, 0.5) is 0 Å². The molecule has 0 bridgehead atoms.